The molecule has 0 spiro atoms. The molecule has 0 amide bonds. The molecule has 0 aliphatic rings. The molecule has 0 heterocycles. The number of allylic oxidation sites excluding steroid dienone is 1. The monoisotopic (exact) mass is 261 g/mol. The van der Waals surface area contributed by atoms with Crippen LogP contribution in [0.15, 0.2) is 12.3 Å². The predicted octanol–water partition coefficient (Wildman–Crippen LogP) is 2.01. The largest absolute Gasteiger partial charge is 0.396 e. The third-order valence-corrected chi connectivity index (χ3v) is 2.24. The molecule has 0 radical (unpaired) electrons. The highest BCUT2D eigenvalue weighted by molar-refractivity contribution is 4.76. The number of unbranched alkanes of at least 4 members (excludes halogenated alkanes) is 3. The Morgan fingerprint density at radius 3 is 2.06 bits per heavy atom. The molecule has 2 N–H and O–H groups in total. The molecule has 0 aromatic rings. The number of nitrogens with zero attached hydrogens (tertiary/aromatic N) is 1. The van der Waals surface area contributed by atoms with Gasteiger partial charge in [0.1, 0.15) is 0 Å². The maximum absolute atomic E-state index is 8.68. The summed E-state index contributed by atoms with van der Waals surface area (Å²) < 4.78 is 0. The number of aliphatic hydroxyl groups is 2. The van der Waals surface area contributed by atoms with Gasteiger partial charge in [0.05, 0.1) is 19.4 Å². The molecule has 0 atom stereocenters. The van der Waals surface area contributed by atoms with Gasteiger partial charge in [-0.2, -0.15) is 0 Å². The average Bonchev–Trinajstić information content (AvgIpc) is 2.38. The van der Waals surface area contributed by atoms with Gasteiger partial charge in [0.2, 0.25) is 0 Å². The van der Waals surface area contributed by atoms with Crippen molar-refractivity contribution in [2.24, 2.45) is 0 Å². The van der Waals surface area contributed by atoms with E-state index < -0.39 is 0 Å². The third kappa shape index (κ3) is 11.9. The van der Waals surface area contributed by atoms with Crippen LogP contribution in [0.1, 0.15) is 45.4 Å². The highest BCUT2D eigenvalue weighted by atomic mass is 16.9. The Hall–Kier alpha value is -0.620. The lowest BCUT2D eigenvalue weighted by molar-refractivity contribution is -0.337. The first-order valence-corrected chi connectivity index (χ1v) is 6.78. The van der Waals surface area contributed by atoms with Crippen LogP contribution in [0.5, 0.6) is 0 Å². The van der Waals surface area contributed by atoms with Gasteiger partial charge in [-0.25, -0.2) is 9.68 Å². The average molecular weight is 261 g/mol. The summed E-state index contributed by atoms with van der Waals surface area (Å²) in [6.45, 7) is 3.20. The Morgan fingerprint density at radius 2 is 1.56 bits per heavy atom. The fourth-order valence-electron chi connectivity index (χ4n) is 1.23. The van der Waals surface area contributed by atoms with E-state index in [1.54, 1.807) is 6.20 Å². The number of hydroxylamine groups is 2. The Labute approximate surface area is 110 Å². The fraction of sp³-hybridized carbons (Fsp3) is 0.846. The molecule has 0 unspecified atom stereocenters. The Balaban J connectivity index is 3.78. The standard InChI is InChI=1S/C13H27NO4/c1-2-3-4-5-6-9-14(17-12-7-10-15)18-13-8-11-16/h6,9,15-16H,2-5,7-8,10-13H2,1H3. The van der Waals surface area contributed by atoms with Gasteiger partial charge in [0.15, 0.2) is 0 Å². The van der Waals surface area contributed by atoms with Crippen molar-refractivity contribution in [1.29, 1.82) is 0 Å². The van der Waals surface area contributed by atoms with Crippen LogP contribution in [0, 0.1) is 0 Å². The van der Waals surface area contributed by atoms with Crippen LogP contribution in [-0.2, 0) is 9.68 Å². The Bertz CT molecular complexity index is 178. The van der Waals surface area contributed by atoms with Crippen molar-refractivity contribution < 1.29 is 19.9 Å². The molecule has 0 bridgehead atoms. The van der Waals surface area contributed by atoms with Crippen LogP contribution in [-0.4, -0.2) is 41.9 Å². The van der Waals surface area contributed by atoms with Crippen LogP contribution >= 0.6 is 0 Å². The molecule has 0 fully saturated rings. The smallest absolute Gasteiger partial charge is 0.0797 e. The fourth-order valence-corrected chi connectivity index (χ4v) is 1.23. The van der Waals surface area contributed by atoms with E-state index in [2.05, 4.69) is 6.92 Å². The van der Waals surface area contributed by atoms with E-state index >= 15 is 0 Å². The van der Waals surface area contributed by atoms with E-state index in [0.29, 0.717) is 26.1 Å². The molecule has 0 aliphatic heterocycles. The third-order valence-electron chi connectivity index (χ3n) is 2.24. The lowest BCUT2D eigenvalue weighted by Gasteiger charge is -2.18. The molecule has 0 aromatic carbocycles. The van der Waals surface area contributed by atoms with Crippen molar-refractivity contribution in [2.45, 2.75) is 45.4 Å². The summed E-state index contributed by atoms with van der Waals surface area (Å²) in [5.74, 6) is 0. The van der Waals surface area contributed by atoms with Crippen LogP contribution < -0.4 is 0 Å². The zero-order valence-electron chi connectivity index (χ0n) is 11.4. The summed E-state index contributed by atoms with van der Waals surface area (Å²) >= 11 is 0. The highest BCUT2D eigenvalue weighted by Crippen LogP contribution is 2.02. The van der Waals surface area contributed by atoms with Crippen molar-refractivity contribution in [1.82, 2.24) is 5.23 Å². The van der Waals surface area contributed by atoms with Gasteiger partial charge in [-0.3, -0.25) is 0 Å². The van der Waals surface area contributed by atoms with Gasteiger partial charge in [0, 0.05) is 13.2 Å². The normalized spacial score (nSPS) is 11.3. The molecule has 0 aromatic heterocycles. The summed E-state index contributed by atoms with van der Waals surface area (Å²) in [4.78, 5) is 10.6. The lowest BCUT2D eigenvalue weighted by atomic mass is 10.2. The lowest BCUT2D eigenvalue weighted by Crippen LogP contribution is -2.20. The number of aliphatic hydroxyl groups excluding tert-OH is 2. The topological polar surface area (TPSA) is 62.2 Å². The minimum Gasteiger partial charge on any atom is -0.396 e. The van der Waals surface area contributed by atoms with E-state index in [9.17, 15) is 0 Å². The van der Waals surface area contributed by atoms with E-state index in [1.807, 2.05) is 6.08 Å². The van der Waals surface area contributed by atoms with Crippen LogP contribution in [0.3, 0.4) is 0 Å². The van der Waals surface area contributed by atoms with Gasteiger partial charge >= 0.3 is 0 Å². The maximum Gasteiger partial charge on any atom is 0.0797 e. The molecule has 0 saturated heterocycles. The summed E-state index contributed by atoms with van der Waals surface area (Å²) in [7, 11) is 0. The number of hydrogen-bond donors (Lipinski definition) is 2. The molecule has 0 saturated carbocycles. The summed E-state index contributed by atoms with van der Waals surface area (Å²) in [5, 5.41) is 18.7. The van der Waals surface area contributed by atoms with E-state index in [4.69, 9.17) is 19.9 Å². The van der Waals surface area contributed by atoms with Crippen molar-refractivity contribution in [2.75, 3.05) is 26.4 Å². The Morgan fingerprint density at radius 1 is 0.944 bits per heavy atom. The van der Waals surface area contributed by atoms with Crippen molar-refractivity contribution in [3.63, 3.8) is 0 Å². The maximum atomic E-state index is 8.68. The zero-order valence-corrected chi connectivity index (χ0v) is 11.4. The van der Waals surface area contributed by atoms with Crippen molar-refractivity contribution in [3.8, 4) is 0 Å². The van der Waals surface area contributed by atoms with E-state index in [1.165, 1.54) is 18.1 Å². The molecular weight excluding hydrogens is 234 g/mol. The summed E-state index contributed by atoms with van der Waals surface area (Å²) in [6.07, 6.45) is 9.49. The number of rotatable bonds is 13. The van der Waals surface area contributed by atoms with Crippen molar-refractivity contribution >= 4 is 0 Å². The second-order valence-electron chi connectivity index (χ2n) is 3.99. The molecule has 0 aliphatic carbocycles. The van der Waals surface area contributed by atoms with Gasteiger partial charge < -0.3 is 10.2 Å². The van der Waals surface area contributed by atoms with E-state index in [0.717, 1.165) is 12.8 Å². The summed E-state index contributed by atoms with van der Waals surface area (Å²) in [6, 6.07) is 0. The van der Waals surface area contributed by atoms with Gasteiger partial charge in [0.25, 0.3) is 0 Å². The molecule has 5 heteroatoms. The highest BCUT2D eigenvalue weighted by Gasteiger charge is 1.99. The molecule has 5 nitrogen and oxygen atoms in total. The quantitative estimate of drug-likeness (QED) is 0.392. The first-order chi connectivity index (χ1) is 8.85. The van der Waals surface area contributed by atoms with Gasteiger partial charge in [-0.05, 0) is 25.7 Å². The number of hydrogen-bond acceptors (Lipinski definition) is 5. The zero-order chi connectivity index (χ0) is 13.5. The SMILES string of the molecule is CCCCCC=CN(OCCCO)OCCCO. The molecular formula is C13H27NO4. The van der Waals surface area contributed by atoms with Gasteiger partial charge in [-0.15, -0.1) is 5.23 Å². The Kier molecular flexibility index (Phi) is 13.9. The van der Waals surface area contributed by atoms with Crippen LogP contribution in [0.2, 0.25) is 0 Å². The van der Waals surface area contributed by atoms with Crippen molar-refractivity contribution in [3.05, 3.63) is 12.3 Å². The second-order valence-corrected chi connectivity index (χ2v) is 3.99. The predicted molar refractivity (Wildman–Crippen MR) is 70.4 cm³/mol. The first kappa shape index (κ1) is 17.4. The molecule has 18 heavy (non-hydrogen) atoms. The van der Waals surface area contributed by atoms with Gasteiger partial charge in [-0.1, -0.05) is 25.8 Å². The summed E-state index contributed by atoms with van der Waals surface area (Å²) in [5.41, 5.74) is 0. The molecule has 108 valence electrons. The van der Waals surface area contributed by atoms with Crippen LogP contribution in [0.4, 0.5) is 0 Å². The van der Waals surface area contributed by atoms with Crippen LogP contribution in [0.25, 0.3) is 0 Å². The minimum absolute atomic E-state index is 0.102. The first-order valence-electron chi connectivity index (χ1n) is 6.78. The minimum atomic E-state index is 0.102. The molecule has 0 rings (SSSR count). The van der Waals surface area contributed by atoms with E-state index in [-0.39, 0.29) is 13.2 Å². The second kappa shape index (κ2) is 14.4.